The number of hydrogen-bond donors (Lipinski definition) is 1. The van der Waals surface area contributed by atoms with Crippen molar-refractivity contribution in [3.05, 3.63) is 66.2 Å². The molecule has 3 aromatic rings. The fourth-order valence-electron chi connectivity index (χ4n) is 4.50. The van der Waals surface area contributed by atoms with E-state index in [1.807, 2.05) is 30.3 Å². The van der Waals surface area contributed by atoms with Gasteiger partial charge in [0.1, 0.15) is 11.4 Å². The normalized spacial score (nSPS) is 22.4. The number of azo groups is 1. The molecule has 0 saturated heterocycles. The van der Waals surface area contributed by atoms with Gasteiger partial charge in [-0.3, -0.25) is 0 Å². The summed E-state index contributed by atoms with van der Waals surface area (Å²) in [7, 11) is 0. The van der Waals surface area contributed by atoms with Gasteiger partial charge in [-0.2, -0.15) is 5.11 Å². The average molecular weight is 431 g/mol. The Morgan fingerprint density at radius 2 is 1.75 bits per heavy atom. The molecule has 1 N–H and O–H groups in total. The lowest BCUT2D eigenvalue weighted by Gasteiger charge is -2.40. The number of carbonyl (C=O) groups is 1. The molecule has 2 atom stereocenters. The smallest absolute Gasteiger partial charge is 0.338 e. The number of carbonyl (C=O) groups excluding carboxylic acids is 1. The topological polar surface area (TPSA) is 71.2 Å². The van der Waals surface area contributed by atoms with Gasteiger partial charge in [0.2, 0.25) is 0 Å². The lowest BCUT2D eigenvalue weighted by atomic mass is 9.66. The van der Waals surface area contributed by atoms with E-state index >= 15 is 0 Å². The molecule has 0 heterocycles. The molecular weight excluding hydrogens is 400 g/mol. The molecule has 3 aromatic carbocycles. The number of hydrogen-bond acceptors (Lipinski definition) is 5. The summed E-state index contributed by atoms with van der Waals surface area (Å²) in [6, 6.07) is 18.0. The number of phenolic OH excluding ortho intramolecular Hbond substituents is 1. The van der Waals surface area contributed by atoms with Gasteiger partial charge in [-0.25, -0.2) is 4.79 Å². The van der Waals surface area contributed by atoms with Crippen LogP contribution in [0.5, 0.6) is 5.75 Å². The first-order valence-electron chi connectivity index (χ1n) is 11.1. The van der Waals surface area contributed by atoms with E-state index in [4.69, 9.17) is 4.74 Å². The molecule has 1 fully saturated rings. The Labute approximate surface area is 189 Å². The second-order valence-electron chi connectivity index (χ2n) is 9.70. The number of phenols is 1. The van der Waals surface area contributed by atoms with Crippen LogP contribution in [0.15, 0.2) is 70.9 Å². The quantitative estimate of drug-likeness (QED) is 0.335. The number of aromatic hydroxyl groups is 1. The van der Waals surface area contributed by atoms with Crippen LogP contribution in [0.3, 0.4) is 0 Å². The van der Waals surface area contributed by atoms with Crippen LogP contribution in [0.2, 0.25) is 0 Å². The molecule has 0 aliphatic heterocycles. The number of ether oxygens (including phenoxy) is 1. The highest BCUT2D eigenvalue weighted by Gasteiger charge is 2.50. The standard InChI is InChI=1S/C27H30N2O3/c1-18-15-16-27(4,26(18,2)3)17-32-25(31)20-9-12-21(13-10-20)28-29-24-22-8-6-5-7-19(22)11-14-23(24)30/h5-14,18,30H,15-17H2,1-4H3/t18-,27+/m1/s1. The summed E-state index contributed by atoms with van der Waals surface area (Å²) < 4.78 is 5.71. The van der Waals surface area contributed by atoms with Crippen molar-refractivity contribution in [1.29, 1.82) is 0 Å². The number of benzene rings is 3. The minimum absolute atomic E-state index is 0.0172. The van der Waals surface area contributed by atoms with Crippen LogP contribution < -0.4 is 0 Å². The zero-order chi connectivity index (χ0) is 22.9. The number of rotatable bonds is 5. The van der Waals surface area contributed by atoms with Crippen LogP contribution in [0.25, 0.3) is 10.8 Å². The van der Waals surface area contributed by atoms with Gasteiger partial charge in [0.25, 0.3) is 0 Å². The molecule has 166 valence electrons. The first-order valence-corrected chi connectivity index (χ1v) is 11.1. The van der Waals surface area contributed by atoms with E-state index in [0.717, 1.165) is 23.6 Å². The third-order valence-corrected chi connectivity index (χ3v) is 7.69. The van der Waals surface area contributed by atoms with Gasteiger partial charge in [-0.05, 0) is 59.9 Å². The maximum atomic E-state index is 12.6. The summed E-state index contributed by atoms with van der Waals surface area (Å²) >= 11 is 0. The molecule has 0 radical (unpaired) electrons. The highest BCUT2D eigenvalue weighted by molar-refractivity contribution is 5.95. The Hall–Kier alpha value is -3.21. The molecule has 0 unspecified atom stereocenters. The molecule has 0 amide bonds. The van der Waals surface area contributed by atoms with Crippen LogP contribution in [-0.2, 0) is 4.74 Å². The van der Waals surface area contributed by atoms with Crippen LogP contribution in [0.4, 0.5) is 11.4 Å². The van der Waals surface area contributed by atoms with Crippen molar-refractivity contribution < 1.29 is 14.6 Å². The second kappa shape index (κ2) is 8.38. The molecule has 1 saturated carbocycles. The van der Waals surface area contributed by atoms with Gasteiger partial charge in [-0.1, -0.05) is 58.0 Å². The maximum absolute atomic E-state index is 12.6. The summed E-state index contributed by atoms with van der Waals surface area (Å²) in [5.41, 5.74) is 1.62. The Kier molecular flexibility index (Phi) is 5.76. The lowest BCUT2D eigenvalue weighted by Crippen LogP contribution is -2.37. The van der Waals surface area contributed by atoms with E-state index < -0.39 is 0 Å². The van der Waals surface area contributed by atoms with Crippen molar-refractivity contribution in [2.24, 2.45) is 27.0 Å². The molecule has 5 nitrogen and oxygen atoms in total. The molecule has 1 aliphatic rings. The van der Waals surface area contributed by atoms with Gasteiger partial charge >= 0.3 is 5.97 Å². The summed E-state index contributed by atoms with van der Waals surface area (Å²) in [6.07, 6.45) is 2.22. The van der Waals surface area contributed by atoms with Crippen molar-refractivity contribution in [2.45, 2.75) is 40.5 Å². The Morgan fingerprint density at radius 3 is 2.44 bits per heavy atom. The highest BCUT2D eigenvalue weighted by Crippen LogP contribution is 2.55. The molecule has 0 bridgehead atoms. The van der Waals surface area contributed by atoms with E-state index in [0.29, 0.717) is 29.5 Å². The van der Waals surface area contributed by atoms with Gasteiger partial charge in [0.15, 0.2) is 0 Å². The van der Waals surface area contributed by atoms with Crippen LogP contribution in [0.1, 0.15) is 50.9 Å². The third-order valence-electron chi connectivity index (χ3n) is 7.69. The molecular formula is C27H30N2O3. The fourth-order valence-corrected chi connectivity index (χ4v) is 4.50. The van der Waals surface area contributed by atoms with Crippen LogP contribution in [-0.4, -0.2) is 17.7 Å². The number of esters is 1. The zero-order valence-corrected chi connectivity index (χ0v) is 19.1. The van der Waals surface area contributed by atoms with E-state index in [2.05, 4.69) is 37.9 Å². The molecule has 0 spiro atoms. The first kappa shape index (κ1) is 22.0. The monoisotopic (exact) mass is 430 g/mol. The van der Waals surface area contributed by atoms with E-state index in [1.165, 1.54) is 0 Å². The number of fused-ring (bicyclic) bond motifs is 1. The van der Waals surface area contributed by atoms with Crippen molar-refractivity contribution in [3.8, 4) is 5.75 Å². The van der Waals surface area contributed by atoms with E-state index in [9.17, 15) is 9.90 Å². The fraction of sp³-hybridized carbons (Fsp3) is 0.370. The van der Waals surface area contributed by atoms with Crippen LogP contribution in [0, 0.1) is 16.7 Å². The zero-order valence-electron chi connectivity index (χ0n) is 19.1. The Morgan fingerprint density at radius 1 is 1.03 bits per heavy atom. The minimum atomic E-state index is -0.322. The van der Waals surface area contributed by atoms with Crippen LogP contribution >= 0.6 is 0 Å². The Bertz CT molecular complexity index is 1170. The van der Waals surface area contributed by atoms with Crippen molar-refractivity contribution in [3.63, 3.8) is 0 Å². The van der Waals surface area contributed by atoms with E-state index in [1.54, 1.807) is 30.3 Å². The van der Waals surface area contributed by atoms with Crippen molar-refractivity contribution >= 4 is 28.1 Å². The summed E-state index contributed by atoms with van der Waals surface area (Å²) in [5, 5.41) is 20.5. The second-order valence-corrected chi connectivity index (χ2v) is 9.70. The molecule has 5 heteroatoms. The molecule has 1 aliphatic carbocycles. The maximum Gasteiger partial charge on any atom is 0.338 e. The largest absolute Gasteiger partial charge is 0.506 e. The average Bonchev–Trinajstić information content (AvgIpc) is 3.00. The van der Waals surface area contributed by atoms with Gasteiger partial charge in [0, 0.05) is 10.8 Å². The molecule has 0 aromatic heterocycles. The Balaban J connectivity index is 1.45. The molecule has 32 heavy (non-hydrogen) atoms. The lowest BCUT2D eigenvalue weighted by molar-refractivity contribution is -0.00349. The van der Waals surface area contributed by atoms with Gasteiger partial charge < -0.3 is 9.84 Å². The van der Waals surface area contributed by atoms with Crippen molar-refractivity contribution in [2.75, 3.05) is 6.61 Å². The highest BCUT2D eigenvalue weighted by atomic mass is 16.5. The summed E-state index contributed by atoms with van der Waals surface area (Å²) in [5.74, 6) is 0.360. The predicted molar refractivity (Wildman–Crippen MR) is 127 cm³/mol. The number of nitrogens with zero attached hydrogens (tertiary/aromatic N) is 2. The van der Waals surface area contributed by atoms with E-state index in [-0.39, 0.29) is 22.5 Å². The summed E-state index contributed by atoms with van der Waals surface area (Å²) in [6.45, 7) is 9.46. The van der Waals surface area contributed by atoms with Gasteiger partial charge in [0.05, 0.1) is 17.9 Å². The first-order chi connectivity index (χ1) is 15.2. The third kappa shape index (κ3) is 3.99. The van der Waals surface area contributed by atoms with Crippen molar-refractivity contribution in [1.82, 2.24) is 0 Å². The van der Waals surface area contributed by atoms with Gasteiger partial charge in [-0.15, -0.1) is 5.11 Å². The predicted octanol–water partition coefficient (Wildman–Crippen LogP) is 7.58. The minimum Gasteiger partial charge on any atom is -0.506 e. The summed E-state index contributed by atoms with van der Waals surface area (Å²) in [4.78, 5) is 12.6. The SMILES string of the molecule is C[C@@H]1CC[C@@](C)(COC(=O)c2ccc(N=Nc3c(O)ccc4ccccc34)cc2)C1(C)C. The molecule has 4 rings (SSSR count).